The average molecular weight is 288 g/mol. The molecule has 0 unspecified atom stereocenters. The SMILES string of the molecule is N=[S@](=O)(c1ccc(Br)cc1)C(F)(F)F. The van der Waals surface area contributed by atoms with E-state index in [2.05, 4.69) is 15.9 Å². The molecule has 0 aromatic heterocycles. The number of benzene rings is 1. The van der Waals surface area contributed by atoms with Gasteiger partial charge >= 0.3 is 5.51 Å². The van der Waals surface area contributed by atoms with E-state index in [1.54, 1.807) is 0 Å². The lowest BCUT2D eigenvalue weighted by Crippen LogP contribution is -2.21. The predicted molar refractivity (Wildman–Crippen MR) is 49.3 cm³/mol. The van der Waals surface area contributed by atoms with Crippen LogP contribution >= 0.6 is 15.9 Å². The highest BCUT2D eigenvalue weighted by Gasteiger charge is 2.42. The van der Waals surface area contributed by atoms with Gasteiger partial charge in [-0.2, -0.15) is 13.2 Å². The molecular weight excluding hydrogens is 283 g/mol. The van der Waals surface area contributed by atoms with Crippen LogP contribution in [-0.2, 0) is 9.73 Å². The molecule has 0 saturated carbocycles. The Balaban J connectivity index is 3.25. The van der Waals surface area contributed by atoms with E-state index in [4.69, 9.17) is 4.78 Å². The van der Waals surface area contributed by atoms with Gasteiger partial charge in [0.05, 0.1) is 4.90 Å². The van der Waals surface area contributed by atoms with Crippen LogP contribution in [0.15, 0.2) is 33.6 Å². The maximum absolute atomic E-state index is 12.1. The normalized spacial score (nSPS) is 16.3. The zero-order valence-corrected chi connectivity index (χ0v) is 9.04. The highest BCUT2D eigenvalue weighted by molar-refractivity contribution is 9.10. The summed E-state index contributed by atoms with van der Waals surface area (Å²) in [7, 11) is -4.71. The number of hydrogen-bond acceptors (Lipinski definition) is 2. The Morgan fingerprint density at radius 2 is 1.64 bits per heavy atom. The molecule has 0 heterocycles. The fraction of sp³-hybridized carbons (Fsp3) is 0.143. The van der Waals surface area contributed by atoms with E-state index in [1.165, 1.54) is 12.1 Å². The van der Waals surface area contributed by atoms with Crippen molar-refractivity contribution in [2.24, 2.45) is 0 Å². The van der Waals surface area contributed by atoms with Crippen molar-refractivity contribution in [3.05, 3.63) is 28.7 Å². The van der Waals surface area contributed by atoms with Gasteiger partial charge in [-0.05, 0) is 24.3 Å². The third-order valence-corrected chi connectivity index (χ3v) is 3.59. The van der Waals surface area contributed by atoms with Gasteiger partial charge in [0.2, 0.25) is 0 Å². The standard InChI is InChI=1S/C7H5BrF3NOS/c8-5-1-3-6(4-2-5)14(12,13)7(9,10)11/h1-4,12H/t14-/m0/s1. The van der Waals surface area contributed by atoms with Crippen LogP contribution < -0.4 is 0 Å². The van der Waals surface area contributed by atoms with Crippen molar-refractivity contribution in [1.82, 2.24) is 0 Å². The molecule has 14 heavy (non-hydrogen) atoms. The molecule has 7 heteroatoms. The number of alkyl halides is 3. The lowest BCUT2D eigenvalue weighted by molar-refractivity contribution is -0.0406. The van der Waals surface area contributed by atoms with E-state index in [-0.39, 0.29) is 0 Å². The molecule has 0 bridgehead atoms. The summed E-state index contributed by atoms with van der Waals surface area (Å²) in [6.45, 7) is 0. The molecule has 1 aromatic rings. The maximum atomic E-state index is 12.1. The van der Waals surface area contributed by atoms with Crippen LogP contribution in [0.1, 0.15) is 0 Å². The molecule has 0 amide bonds. The first-order valence-electron chi connectivity index (χ1n) is 3.36. The average Bonchev–Trinajstić information content (AvgIpc) is 2.03. The Bertz CT molecular complexity index is 423. The van der Waals surface area contributed by atoms with Gasteiger partial charge in [-0.25, -0.2) is 8.99 Å². The highest BCUT2D eigenvalue weighted by atomic mass is 79.9. The first kappa shape index (κ1) is 11.5. The molecule has 1 atom stereocenters. The second-order valence-corrected chi connectivity index (χ2v) is 5.42. The molecule has 1 aromatic carbocycles. The Kier molecular flexibility index (Phi) is 2.91. The Hall–Kier alpha value is -0.560. The van der Waals surface area contributed by atoms with E-state index in [9.17, 15) is 17.4 Å². The highest BCUT2D eigenvalue weighted by Crippen LogP contribution is 2.31. The van der Waals surface area contributed by atoms with Crippen molar-refractivity contribution in [2.45, 2.75) is 10.4 Å². The lowest BCUT2D eigenvalue weighted by atomic mass is 10.4. The molecule has 1 rings (SSSR count). The van der Waals surface area contributed by atoms with Crippen LogP contribution in [0.25, 0.3) is 0 Å². The van der Waals surface area contributed by atoms with Crippen molar-refractivity contribution in [3.63, 3.8) is 0 Å². The van der Waals surface area contributed by atoms with E-state index < -0.39 is 20.1 Å². The number of hydrogen-bond donors (Lipinski definition) is 1. The fourth-order valence-corrected chi connectivity index (χ4v) is 1.81. The molecular formula is C7H5BrF3NOS. The minimum atomic E-state index is -5.03. The Morgan fingerprint density at radius 1 is 1.21 bits per heavy atom. The van der Waals surface area contributed by atoms with Gasteiger partial charge < -0.3 is 0 Å². The van der Waals surface area contributed by atoms with Crippen LogP contribution in [0.3, 0.4) is 0 Å². The summed E-state index contributed by atoms with van der Waals surface area (Å²) in [4.78, 5) is -0.534. The molecule has 0 aliphatic carbocycles. The summed E-state index contributed by atoms with van der Waals surface area (Å²) in [5.74, 6) is 0. The van der Waals surface area contributed by atoms with Crippen molar-refractivity contribution in [1.29, 1.82) is 4.78 Å². The van der Waals surface area contributed by atoms with Gasteiger partial charge in [0.25, 0.3) is 0 Å². The van der Waals surface area contributed by atoms with Crippen LogP contribution in [0, 0.1) is 4.78 Å². The maximum Gasteiger partial charge on any atom is 0.483 e. The van der Waals surface area contributed by atoms with Crippen molar-refractivity contribution < 1.29 is 17.4 Å². The first-order valence-corrected chi connectivity index (χ1v) is 5.71. The Labute approximate surface area is 87.2 Å². The predicted octanol–water partition coefficient (Wildman–Crippen LogP) is 3.37. The molecule has 0 radical (unpaired) electrons. The number of nitrogens with one attached hydrogen (secondary N) is 1. The molecule has 0 aliphatic heterocycles. The second-order valence-electron chi connectivity index (χ2n) is 2.46. The van der Waals surface area contributed by atoms with Gasteiger partial charge in [-0.1, -0.05) is 15.9 Å². The molecule has 0 fully saturated rings. The molecule has 78 valence electrons. The largest absolute Gasteiger partial charge is 0.483 e. The minimum absolute atomic E-state index is 0.534. The van der Waals surface area contributed by atoms with Crippen LogP contribution in [-0.4, -0.2) is 9.72 Å². The summed E-state index contributed by atoms with van der Waals surface area (Å²) in [5, 5.41) is 0. The zero-order chi connectivity index (χ0) is 11.0. The van der Waals surface area contributed by atoms with Crippen molar-refractivity contribution in [2.75, 3.05) is 0 Å². The summed E-state index contributed by atoms with van der Waals surface area (Å²) < 4.78 is 54.8. The lowest BCUT2D eigenvalue weighted by Gasteiger charge is -2.10. The van der Waals surface area contributed by atoms with Crippen LogP contribution in [0.2, 0.25) is 0 Å². The smallest absolute Gasteiger partial charge is 0.241 e. The zero-order valence-electron chi connectivity index (χ0n) is 6.64. The van der Waals surface area contributed by atoms with Crippen LogP contribution in [0.4, 0.5) is 13.2 Å². The summed E-state index contributed by atoms with van der Waals surface area (Å²) in [5.41, 5.74) is -5.03. The molecule has 2 nitrogen and oxygen atoms in total. The quantitative estimate of drug-likeness (QED) is 0.845. The topological polar surface area (TPSA) is 40.9 Å². The number of rotatable bonds is 1. The van der Waals surface area contributed by atoms with Gasteiger partial charge in [-0.15, -0.1) is 0 Å². The van der Waals surface area contributed by atoms with Crippen molar-refractivity contribution in [3.8, 4) is 0 Å². The van der Waals surface area contributed by atoms with Gasteiger partial charge in [-0.3, -0.25) is 0 Å². The van der Waals surface area contributed by atoms with Crippen molar-refractivity contribution >= 4 is 25.7 Å². The van der Waals surface area contributed by atoms with E-state index in [0.717, 1.165) is 12.1 Å². The van der Waals surface area contributed by atoms with E-state index >= 15 is 0 Å². The van der Waals surface area contributed by atoms with E-state index in [1.807, 2.05) is 0 Å². The molecule has 1 N–H and O–H groups in total. The molecule has 0 spiro atoms. The molecule has 0 saturated heterocycles. The van der Waals surface area contributed by atoms with Crippen LogP contribution in [0.5, 0.6) is 0 Å². The first-order chi connectivity index (χ1) is 6.25. The Morgan fingerprint density at radius 3 is 2.00 bits per heavy atom. The monoisotopic (exact) mass is 287 g/mol. The van der Waals surface area contributed by atoms with Gasteiger partial charge in [0.1, 0.15) is 0 Å². The van der Waals surface area contributed by atoms with Gasteiger partial charge in [0, 0.05) is 4.47 Å². The van der Waals surface area contributed by atoms with Gasteiger partial charge in [0.15, 0.2) is 9.73 Å². The third-order valence-electron chi connectivity index (χ3n) is 1.47. The summed E-state index contributed by atoms with van der Waals surface area (Å²) in [6.07, 6.45) is 0. The molecule has 0 aliphatic rings. The second kappa shape index (κ2) is 3.54. The summed E-state index contributed by atoms with van der Waals surface area (Å²) >= 11 is 3.03. The minimum Gasteiger partial charge on any atom is -0.241 e. The fourth-order valence-electron chi connectivity index (χ4n) is 0.760. The van der Waals surface area contributed by atoms with E-state index in [0.29, 0.717) is 4.47 Å². The summed E-state index contributed by atoms with van der Waals surface area (Å²) in [6, 6.07) is 4.67. The third kappa shape index (κ3) is 2.09. The number of halogens is 4.